The van der Waals surface area contributed by atoms with Gasteiger partial charge in [-0.15, -0.1) is 0 Å². The lowest BCUT2D eigenvalue weighted by molar-refractivity contribution is 0.628. The highest BCUT2D eigenvalue weighted by Crippen LogP contribution is 2.28. The third kappa shape index (κ3) is 2.50. The van der Waals surface area contributed by atoms with Crippen LogP contribution in [-0.4, -0.2) is 7.05 Å². The summed E-state index contributed by atoms with van der Waals surface area (Å²) in [5, 5.41) is 0.109. The Morgan fingerprint density at radius 3 is 2.47 bits per heavy atom. The SMILES string of the molecule is CN(c1cccc(N)c1)c1ccc(F)c(Cl)c1. The fourth-order valence-electron chi connectivity index (χ4n) is 1.58. The number of nitrogens with zero attached hydrogens (tertiary/aromatic N) is 1. The molecule has 0 amide bonds. The van der Waals surface area contributed by atoms with Gasteiger partial charge >= 0.3 is 0 Å². The van der Waals surface area contributed by atoms with Gasteiger partial charge in [-0.05, 0) is 36.4 Å². The van der Waals surface area contributed by atoms with Crippen LogP contribution in [0, 0.1) is 5.82 Å². The molecule has 0 heterocycles. The number of anilines is 3. The average Bonchev–Trinajstić information content (AvgIpc) is 2.32. The van der Waals surface area contributed by atoms with Crippen LogP contribution in [0.25, 0.3) is 0 Å². The predicted octanol–water partition coefficient (Wildman–Crippen LogP) is 3.83. The topological polar surface area (TPSA) is 29.3 Å². The first-order chi connectivity index (χ1) is 8.08. The average molecular weight is 251 g/mol. The first-order valence-electron chi connectivity index (χ1n) is 5.12. The van der Waals surface area contributed by atoms with Crippen LogP contribution in [0.3, 0.4) is 0 Å². The van der Waals surface area contributed by atoms with E-state index in [1.165, 1.54) is 6.07 Å². The van der Waals surface area contributed by atoms with Crippen LogP contribution in [0.5, 0.6) is 0 Å². The summed E-state index contributed by atoms with van der Waals surface area (Å²) in [6, 6.07) is 12.1. The van der Waals surface area contributed by atoms with Crippen molar-refractivity contribution in [3.05, 3.63) is 53.3 Å². The Kier molecular flexibility index (Phi) is 3.20. The zero-order valence-corrected chi connectivity index (χ0v) is 10.1. The Morgan fingerprint density at radius 1 is 1.12 bits per heavy atom. The molecule has 0 radical (unpaired) electrons. The van der Waals surface area contributed by atoms with Gasteiger partial charge in [-0.3, -0.25) is 0 Å². The second-order valence-electron chi connectivity index (χ2n) is 3.75. The molecule has 2 rings (SSSR count). The first kappa shape index (κ1) is 11.7. The van der Waals surface area contributed by atoms with Crippen LogP contribution >= 0.6 is 11.6 Å². The van der Waals surface area contributed by atoms with Gasteiger partial charge in [0.1, 0.15) is 5.82 Å². The maximum atomic E-state index is 13.1. The molecule has 0 aromatic heterocycles. The molecule has 0 fully saturated rings. The minimum absolute atomic E-state index is 0.109. The maximum Gasteiger partial charge on any atom is 0.141 e. The highest BCUT2D eigenvalue weighted by molar-refractivity contribution is 6.31. The minimum Gasteiger partial charge on any atom is -0.399 e. The lowest BCUT2D eigenvalue weighted by Gasteiger charge is -2.20. The molecule has 0 aliphatic carbocycles. The van der Waals surface area contributed by atoms with Crippen LogP contribution < -0.4 is 10.6 Å². The van der Waals surface area contributed by atoms with E-state index in [0.717, 1.165) is 11.4 Å². The van der Waals surface area contributed by atoms with Crippen molar-refractivity contribution in [2.24, 2.45) is 0 Å². The van der Waals surface area contributed by atoms with E-state index in [1.807, 2.05) is 36.2 Å². The molecule has 4 heteroatoms. The molecule has 2 aromatic rings. The van der Waals surface area contributed by atoms with Crippen molar-refractivity contribution in [3.8, 4) is 0 Å². The van der Waals surface area contributed by atoms with Crippen LogP contribution in [0.4, 0.5) is 21.5 Å². The molecule has 0 unspecified atom stereocenters. The molecule has 88 valence electrons. The summed E-state index contributed by atoms with van der Waals surface area (Å²) in [5.41, 5.74) is 8.13. The van der Waals surface area contributed by atoms with Crippen molar-refractivity contribution < 1.29 is 4.39 Å². The Hall–Kier alpha value is -1.74. The molecule has 0 atom stereocenters. The van der Waals surface area contributed by atoms with Crippen molar-refractivity contribution in [3.63, 3.8) is 0 Å². The molecule has 0 aliphatic heterocycles. The molecule has 2 nitrogen and oxygen atoms in total. The van der Waals surface area contributed by atoms with E-state index >= 15 is 0 Å². The molecule has 0 aliphatic rings. The maximum absolute atomic E-state index is 13.1. The Morgan fingerprint density at radius 2 is 1.82 bits per heavy atom. The summed E-state index contributed by atoms with van der Waals surface area (Å²) in [7, 11) is 1.87. The van der Waals surface area contributed by atoms with E-state index < -0.39 is 5.82 Å². The van der Waals surface area contributed by atoms with Crippen molar-refractivity contribution in [1.82, 2.24) is 0 Å². The quantitative estimate of drug-likeness (QED) is 0.821. The van der Waals surface area contributed by atoms with Gasteiger partial charge in [-0.25, -0.2) is 4.39 Å². The fraction of sp³-hybridized carbons (Fsp3) is 0.0769. The first-order valence-corrected chi connectivity index (χ1v) is 5.50. The van der Waals surface area contributed by atoms with E-state index in [9.17, 15) is 4.39 Å². The number of hydrogen-bond donors (Lipinski definition) is 1. The van der Waals surface area contributed by atoms with Crippen molar-refractivity contribution >= 4 is 28.7 Å². The van der Waals surface area contributed by atoms with Crippen LogP contribution in [-0.2, 0) is 0 Å². The second-order valence-corrected chi connectivity index (χ2v) is 4.16. The van der Waals surface area contributed by atoms with Gasteiger partial charge in [0.2, 0.25) is 0 Å². The van der Waals surface area contributed by atoms with Gasteiger partial charge in [0.25, 0.3) is 0 Å². The number of hydrogen-bond acceptors (Lipinski definition) is 2. The molecule has 2 aromatic carbocycles. The summed E-state index contributed by atoms with van der Waals surface area (Å²) in [6.45, 7) is 0. The van der Waals surface area contributed by atoms with E-state index in [2.05, 4.69) is 0 Å². The predicted molar refractivity (Wildman–Crippen MR) is 70.3 cm³/mol. The number of rotatable bonds is 2. The Labute approximate surface area is 104 Å². The second kappa shape index (κ2) is 4.63. The third-order valence-electron chi connectivity index (χ3n) is 2.55. The Bertz CT molecular complexity index is 543. The van der Waals surface area contributed by atoms with E-state index in [0.29, 0.717) is 5.69 Å². The van der Waals surface area contributed by atoms with Crippen molar-refractivity contribution in [2.75, 3.05) is 17.7 Å². The molecule has 0 spiro atoms. The van der Waals surface area contributed by atoms with E-state index in [1.54, 1.807) is 12.1 Å². The molecule has 17 heavy (non-hydrogen) atoms. The van der Waals surface area contributed by atoms with Crippen LogP contribution in [0.1, 0.15) is 0 Å². The standard InChI is InChI=1S/C13H12ClFN2/c1-17(10-4-2-3-9(16)7-10)11-5-6-13(15)12(14)8-11/h2-8H,16H2,1H3. The lowest BCUT2D eigenvalue weighted by atomic mass is 10.2. The largest absolute Gasteiger partial charge is 0.399 e. The zero-order valence-electron chi connectivity index (χ0n) is 9.32. The number of nitrogens with two attached hydrogens (primary N) is 1. The summed E-state index contributed by atoms with van der Waals surface area (Å²) >= 11 is 5.75. The van der Waals surface area contributed by atoms with Crippen molar-refractivity contribution in [2.45, 2.75) is 0 Å². The van der Waals surface area contributed by atoms with Gasteiger partial charge in [0, 0.05) is 24.1 Å². The molecule has 0 bridgehead atoms. The monoisotopic (exact) mass is 250 g/mol. The number of benzene rings is 2. The number of nitrogen functional groups attached to an aromatic ring is 1. The molecule has 2 N–H and O–H groups in total. The van der Waals surface area contributed by atoms with Crippen LogP contribution in [0.15, 0.2) is 42.5 Å². The molecular formula is C13H12ClFN2. The summed E-state index contributed by atoms with van der Waals surface area (Å²) < 4.78 is 13.1. The van der Waals surface area contributed by atoms with Gasteiger partial charge in [-0.2, -0.15) is 0 Å². The Balaban J connectivity index is 2.36. The minimum atomic E-state index is -0.420. The van der Waals surface area contributed by atoms with E-state index in [-0.39, 0.29) is 5.02 Å². The highest BCUT2D eigenvalue weighted by Gasteiger charge is 2.07. The number of halogens is 2. The molecular weight excluding hydrogens is 239 g/mol. The molecule has 0 saturated carbocycles. The van der Waals surface area contributed by atoms with Crippen molar-refractivity contribution in [1.29, 1.82) is 0 Å². The normalized spacial score (nSPS) is 10.3. The van der Waals surface area contributed by atoms with Gasteiger partial charge in [-0.1, -0.05) is 17.7 Å². The van der Waals surface area contributed by atoms with Gasteiger partial charge in [0.05, 0.1) is 5.02 Å². The third-order valence-corrected chi connectivity index (χ3v) is 2.84. The fourth-order valence-corrected chi connectivity index (χ4v) is 1.75. The molecule has 0 saturated heterocycles. The summed E-state index contributed by atoms with van der Waals surface area (Å²) in [4.78, 5) is 1.89. The van der Waals surface area contributed by atoms with E-state index in [4.69, 9.17) is 17.3 Å². The summed E-state index contributed by atoms with van der Waals surface area (Å²) in [6.07, 6.45) is 0. The smallest absolute Gasteiger partial charge is 0.141 e. The van der Waals surface area contributed by atoms with Gasteiger partial charge < -0.3 is 10.6 Å². The zero-order chi connectivity index (χ0) is 12.4. The van der Waals surface area contributed by atoms with Crippen LogP contribution in [0.2, 0.25) is 5.02 Å². The highest BCUT2D eigenvalue weighted by atomic mass is 35.5. The van der Waals surface area contributed by atoms with Gasteiger partial charge in [0.15, 0.2) is 0 Å². The summed E-state index contributed by atoms with van der Waals surface area (Å²) in [5.74, 6) is -0.420. The lowest BCUT2D eigenvalue weighted by Crippen LogP contribution is -2.09.